The third-order valence-electron chi connectivity index (χ3n) is 5.85. The number of carbonyl (C=O) groups is 2. The number of ether oxygens (including phenoxy) is 2. The first-order valence-corrected chi connectivity index (χ1v) is 11.1. The number of hydrogen-bond donors (Lipinski definition) is 1. The molecule has 1 aliphatic heterocycles. The molecule has 6 nitrogen and oxygen atoms in total. The van der Waals surface area contributed by atoms with Gasteiger partial charge in [0.1, 0.15) is 18.1 Å². The van der Waals surface area contributed by atoms with Crippen LogP contribution in [0.4, 0.5) is 0 Å². The molecule has 0 bridgehead atoms. The molecule has 0 aromatic heterocycles. The summed E-state index contributed by atoms with van der Waals surface area (Å²) < 4.78 is 11.0. The number of hydrogen-bond acceptors (Lipinski definition) is 5. The molecule has 0 aliphatic carbocycles. The highest BCUT2D eigenvalue weighted by Gasteiger charge is 2.45. The Labute approximate surface area is 199 Å². The highest BCUT2D eigenvalue weighted by Crippen LogP contribution is 2.39. The molecule has 0 radical (unpaired) electrons. The summed E-state index contributed by atoms with van der Waals surface area (Å²) in [5.41, 5.74) is 3.37. The van der Waals surface area contributed by atoms with E-state index in [1.807, 2.05) is 61.5 Å². The molecule has 174 valence electrons. The number of amides is 1. The van der Waals surface area contributed by atoms with Crippen molar-refractivity contribution in [2.45, 2.75) is 19.6 Å². The van der Waals surface area contributed by atoms with Crippen LogP contribution in [-0.4, -0.2) is 42.0 Å². The van der Waals surface area contributed by atoms with Crippen LogP contribution >= 0.6 is 0 Å². The maximum absolute atomic E-state index is 13.0. The molecule has 1 atom stereocenters. The molecule has 1 amide bonds. The Morgan fingerprint density at radius 1 is 0.941 bits per heavy atom. The van der Waals surface area contributed by atoms with Gasteiger partial charge in [-0.2, -0.15) is 0 Å². The molecule has 4 rings (SSSR count). The average Bonchev–Trinajstić information content (AvgIpc) is 3.12. The minimum Gasteiger partial charge on any atom is -0.507 e. The Bertz CT molecular complexity index is 1180. The predicted octanol–water partition coefficient (Wildman–Crippen LogP) is 4.64. The van der Waals surface area contributed by atoms with E-state index in [0.29, 0.717) is 17.9 Å². The molecule has 1 N–H and O–H groups in total. The van der Waals surface area contributed by atoms with Crippen molar-refractivity contribution >= 4 is 17.4 Å². The van der Waals surface area contributed by atoms with Gasteiger partial charge in [-0.05, 0) is 42.3 Å². The maximum atomic E-state index is 13.0. The molecule has 1 unspecified atom stereocenters. The van der Waals surface area contributed by atoms with E-state index in [-0.39, 0.29) is 24.5 Å². The zero-order valence-corrected chi connectivity index (χ0v) is 19.2. The summed E-state index contributed by atoms with van der Waals surface area (Å²) in [5, 5.41) is 11.1. The van der Waals surface area contributed by atoms with Gasteiger partial charge in [-0.15, -0.1) is 0 Å². The molecule has 1 fully saturated rings. The van der Waals surface area contributed by atoms with Crippen molar-refractivity contribution < 1.29 is 24.2 Å². The Balaban J connectivity index is 1.65. The van der Waals surface area contributed by atoms with Gasteiger partial charge in [0, 0.05) is 19.2 Å². The smallest absolute Gasteiger partial charge is 0.295 e. The van der Waals surface area contributed by atoms with Crippen molar-refractivity contribution in [3.8, 4) is 5.75 Å². The highest BCUT2D eigenvalue weighted by molar-refractivity contribution is 6.46. The topological polar surface area (TPSA) is 76.1 Å². The van der Waals surface area contributed by atoms with Gasteiger partial charge in [0.05, 0.1) is 18.2 Å². The van der Waals surface area contributed by atoms with E-state index in [4.69, 9.17) is 9.47 Å². The van der Waals surface area contributed by atoms with E-state index in [1.54, 1.807) is 31.4 Å². The van der Waals surface area contributed by atoms with Crippen LogP contribution in [0.15, 0.2) is 84.4 Å². The molecule has 34 heavy (non-hydrogen) atoms. The second kappa shape index (κ2) is 10.4. The van der Waals surface area contributed by atoms with Gasteiger partial charge >= 0.3 is 0 Å². The second-order valence-corrected chi connectivity index (χ2v) is 8.19. The number of aryl methyl sites for hydroxylation is 1. The maximum Gasteiger partial charge on any atom is 0.295 e. The van der Waals surface area contributed by atoms with Gasteiger partial charge in [-0.25, -0.2) is 0 Å². The predicted molar refractivity (Wildman–Crippen MR) is 129 cm³/mol. The van der Waals surface area contributed by atoms with Crippen LogP contribution in [-0.2, 0) is 20.9 Å². The van der Waals surface area contributed by atoms with Crippen molar-refractivity contribution in [3.63, 3.8) is 0 Å². The fraction of sp³-hybridized carbons (Fsp3) is 0.214. The normalized spacial score (nSPS) is 17.2. The molecular formula is C28H27NO5. The number of aliphatic hydroxyl groups excluding tert-OH is 1. The van der Waals surface area contributed by atoms with E-state index in [0.717, 1.165) is 16.7 Å². The number of Topliss-reactive ketones (excluding diaryl/α,β-unsaturated/α-hetero) is 1. The van der Waals surface area contributed by atoms with Crippen LogP contribution in [0.2, 0.25) is 0 Å². The van der Waals surface area contributed by atoms with Gasteiger partial charge in [0.2, 0.25) is 0 Å². The quantitative estimate of drug-likeness (QED) is 0.303. The van der Waals surface area contributed by atoms with Gasteiger partial charge in [-0.3, -0.25) is 9.59 Å². The second-order valence-electron chi connectivity index (χ2n) is 8.19. The lowest BCUT2D eigenvalue weighted by molar-refractivity contribution is -0.140. The summed E-state index contributed by atoms with van der Waals surface area (Å²) >= 11 is 0. The monoisotopic (exact) mass is 457 g/mol. The van der Waals surface area contributed by atoms with E-state index < -0.39 is 17.7 Å². The van der Waals surface area contributed by atoms with Crippen molar-refractivity contribution in [1.29, 1.82) is 0 Å². The number of methoxy groups -OCH3 is 1. The van der Waals surface area contributed by atoms with Gasteiger partial charge < -0.3 is 19.5 Å². The van der Waals surface area contributed by atoms with Gasteiger partial charge in [0.15, 0.2) is 0 Å². The van der Waals surface area contributed by atoms with E-state index in [9.17, 15) is 14.7 Å². The van der Waals surface area contributed by atoms with Crippen LogP contribution in [0.3, 0.4) is 0 Å². The number of carbonyl (C=O) groups excluding carboxylic acids is 2. The fourth-order valence-electron chi connectivity index (χ4n) is 4.00. The standard InChI is InChI=1S/C28H27NO5/c1-19-8-10-21(11-9-19)25-24(27(31)28(32)29(25)16-17-33-2)26(30)22-12-14-23(15-13-22)34-18-20-6-4-3-5-7-20/h3-15,25,30H,16-18H2,1-2H3/b26-24+. The highest BCUT2D eigenvalue weighted by atomic mass is 16.5. The minimum atomic E-state index is -0.705. The molecule has 6 heteroatoms. The van der Waals surface area contributed by atoms with Crippen LogP contribution in [0, 0.1) is 6.92 Å². The lowest BCUT2D eigenvalue weighted by Gasteiger charge is -2.25. The van der Waals surface area contributed by atoms with Crippen LogP contribution < -0.4 is 4.74 Å². The molecule has 0 spiro atoms. The summed E-state index contributed by atoms with van der Waals surface area (Å²) in [6.45, 7) is 2.91. The van der Waals surface area contributed by atoms with Crippen molar-refractivity contribution in [2.24, 2.45) is 0 Å². The third kappa shape index (κ3) is 4.87. The first-order chi connectivity index (χ1) is 16.5. The lowest BCUT2D eigenvalue weighted by Crippen LogP contribution is -2.32. The first kappa shape index (κ1) is 23.3. The van der Waals surface area contributed by atoms with E-state index >= 15 is 0 Å². The van der Waals surface area contributed by atoms with E-state index in [2.05, 4.69) is 0 Å². The summed E-state index contributed by atoms with van der Waals surface area (Å²) in [7, 11) is 1.54. The number of benzene rings is 3. The Morgan fingerprint density at radius 3 is 2.26 bits per heavy atom. The van der Waals surface area contributed by atoms with Gasteiger partial charge in [-0.1, -0.05) is 60.2 Å². The van der Waals surface area contributed by atoms with Gasteiger partial charge in [0.25, 0.3) is 11.7 Å². The van der Waals surface area contributed by atoms with E-state index in [1.165, 1.54) is 4.90 Å². The molecule has 3 aromatic rings. The van der Waals surface area contributed by atoms with Crippen molar-refractivity contribution in [1.82, 2.24) is 4.90 Å². The Morgan fingerprint density at radius 2 is 1.62 bits per heavy atom. The first-order valence-electron chi connectivity index (χ1n) is 11.1. The average molecular weight is 458 g/mol. The molecule has 3 aromatic carbocycles. The summed E-state index contributed by atoms with van der Waals surface area (Å²) in [6.07, 6.45) is 0. The van der Waals surface area contributed by atoms with Crippen molar-refractivity contribution in [3.05, 3.63) is 107 Å². The fourth-order valence-corrected chi connectivity index (χ4v) is 4.00. The Hall–Kier alpha value is -3.90. The minimum absolute atomic E-state index is 0.0721. The zero-order valence-electron chi connectivity index (χ0n) is 19.2. The SMILES string of the molecule is COCCN1C(=O)C(=O)/C(=C(/O)c2ccc(OCc3ccccc3)cc2)C1c1ccc(C)cc1. The number of rotatable bonds is 8. The summed E-state index contributed by atoms with van der Waals surface area (Å²) in [4.78, 5) is 27.3. The van der Waals surface area contributed by atoms with Crippen LogP contribution in [0.1, 0.15) is 28.3 Å². The number of nitrogens with zero attached hydrogens (tertiary/aromatic N) is 1. The number of likely N-dealkylation sites (tertiary alicyclic amines) is 1. The number of ketones is 1. The van der Waals surface area contributed by atoms with Crippen LogP contribution in [0.5, 0.6) is 5.75 Å². The number of aliphatic hydroxyl groups is 1. The van der Waals surface area contributed by atoms with Crippen LogP contribution in [0.25, 0.3) is 5.76 Å². The zero-order chi connectivity index (χ0) is 24.1. The molecule has 1 heterocycles. The molecule has 1 aliphatic rings. The summed E-state index contributed by atoms with van der Waals surface area (Å²) in [6, 6.07) is 23.6. The third-order valence-corrected chi connectivity index (χ3v) is 5.85. The lowest BCUT2D eigenvalue weighted by atomic mass is 9.94. The summed E-state index contributed by atoms with van der Waals surface area (Å²) in [5.74, 6) is -0.926. The largest absolute Gasteiger partial charge is 0.507 e. The van der Waals surface area contributed by atoms with Crippen molar-refractivity contribution in [2.75, 3.05) is 20.3 Å². The molecule has 1 saturated heterocycles. The molecular weight excluding hydrogens is 430 g/mol. The molecule has 0 saturated carbocycles. The Kier molecular flexibility index (Phi) is 7.09.